The van der Waals surface area contributed by atoms with Crippen LogP contribution in [0.2, 0.25) is 0 Å². The number of unbranched alkanes of at least 4 members (excludes halogenated alkanes) is 1. The molecule has 0 fully saturated rings. The molecule has 96 valence electrons. The van der Waals surface area contributed by atoms with E-state index in [9.17, 15) is 0 Å². The molecule has 1 heterocycles. The minimum absolute atomic E-state index is 0.928. The molecule has 1 nitrogen and oxygen atoms in total. The van der Waals surface area contributed by atoms with Gasteiger partial charge in [-0.15, -0.1) is 11.3 Å². The van der Waals surface area contributed by atoms with Gasteiger partial charge in [-0.2, -0.15) is 0 Å². The Morgan fingerprint density at radius 1 is 1.11 bits per heavy atom. The maximum absolute atomic E-state index is 3.48. The topological polar surface area (TPSA) is 12.0 Å². The number of thiophene rings is 1. The molecule has 0 atom stereocenters. The van der Waals surface area contributed by atoms with Gasteiger partial charge in [-0.1, -0.05) is 25.5 Å². The monoisotopic (exact) mass is 259 g/mol. The van der Waals surface area contributed by atoms with E-state index in [0.29, 0.717) is 0 Å². The number of hydrogen-bond donors (Lipinski definition) is 1. The van der Waals surface area contributed by atoms with Gasteiger partial charge in [-0.3, -0.25) is 0 Å². The molecule has 0 aliphatic rings. The molecule has 2 rings (SSSR count). The van der Waals surface area contributed by atoms with Crippen LogP contribution in [0.25, 0.3) is 0 Å². The first-order valence-electron chi connectivity index (χ1n) is 6.65. The minimum atomic E-state index is 0.928. The second kappa shape index (κ2) is 6.60. The molecule has 0 bridgehead atoms. The van der Waals surface area contributed by atoms with E-state index in [1.807, 2.05) is 11.3 Å². The molecule has 0 saturated heterocycles. The van der Waals surface area contributed by atoms with Crippen LogP contribution in [0.1, 0.15) is 35.8 Å². The van der Waals surface area contributed by atoms with Crippen molar-refractivity contribution in [3.8, 4) is 0 Å². The number of rotatable bonds is 6. The zero-order chi connectivity index (χ0) is 12.8. The third kappa shape index (κ3) is 3.61. The Kier molecular flexibility index (Phi) is 4.82. The van der Waals surface area contributed by atoms with E-state index < -0.39 is 0 Å². The lowest BCUT2D eigenvalue weighted by Gasteiger charge is -2.07. The number of nitrogens with one attached hydrogen (secondary N) is 1. The van der Waals surface area contributed by atoms with Gasteiger partial charge in [0.15, 0.2) is 0 Å². The van der Waals surface area contributed by atoms with E-state index in [4.69, 9.17) is 0 Å². The van der Waals surface area contributed by atoms with Crippen molar-refractivity contribution in [3.63, 3.8) is 0 Å². The fourth-order valence-electron chi connectivity index (χ4n) is 1.94. The number of aryl methyl sites for hydroxylation is 2. The minimum Gasteiger partial charge on any atom is -0.380 e. The van der Waals surface area contributed by atoms with Crippen LogP contribution in [-0.2, 0) is 13.0 Å². The van der Waals surface area contributed by atoms with Crippen LogP contribution in [0.5, 0.6) is 0 Å². The summed E-state index contributed by atoms with van der Waals surface area (Å²) < 4.78 is 0. The summed E-state index contributed by atoms with van der Waals surface area (Å²) in [5.41, 5.74) is 4.03. The van der Waals surface area contributed by atoms with Crippen molar-refractivity contribution in [1.82, 2.24) is 0 Å². The normalized spacial score (nSPS) is 10.6. The van der Waals surface area contributed by atoms with Crippen LogP contribution in [0, 0.1) is 6.92 Å². The quantitative estimate of drug-likeness (QED) is 0.768. The molecule has 1 aromatic heterocycles. The predicted octanol–water partition coefficient (Wildman–Crippen LogP) is 5.01. The van der Waals surface area contributed by atoms with Crippen molar-refractivity contribution in [2.75, 3.05) is 5.32 Å². The maximum Gasteiger partial charge on any atom is 0.0496 e. The zero-order valence-electron chi connectivity index (χ0n) is 11.2. The standard InChI is InChI=1S/C16H21NS/c1-3-4-5-14-6-8-15(9-7-14)17-12-16-13(2)10-11-18-16/h6-11,17H,3-5,12H2,1-2H3. The molecule has 0 saturated carbocycles. The van der Waals surface area contributed by atoms with Gasteiger partial charge in [0.1, 0.15) is 0 Å². The highest BCUT2D eigenvalue weighted by atomic mass is 32.1. The van der Waals surface area contributed by atoms with E-state index in [1.54, 1.807) is 0 Å². The molecule has 2 aromatic rings. The average Bonchev–Trinajstić information content (AvgIpc) is 2.81. The van der Waals surface area contributed by atoms with Gasteiger partial charge < -0.3 is 5.32 Å². The predicted molar refractivity (Wildman–Crippen MR) is 81.4 cm³/mol. The van der Waals surface area contributed by atoms with Gasteiger partial charge in [0.25, 0.3) is 0 Å². The van der Waals surface area contributed by atoms with Crippen molar-refractivity contribution in [2.24, 2.45) is 0 Å². The van der Waals surface area contributed by atoms with E-state index in [-0.39, 0.29) is 0 Å². The molecule has 0 aliphatic heterocycles. The Bertz CT molecular complexity index is 470. The van der Waals surface area contributed by atoms with Crippen LogP contribution >= 0.6 is 11.3 Å². The summed E-state index contributed by atoms with van der Waals surface area (Å²) >= 11 is 1.82. The molecule has 1 aromatic carbocycles. The number of hydrogen-bond acceptors (Lipinski definition) is 2. The molecule has 1 N–H and O–H groups in total. The first-order chi connectivity index (χ1) is 8.79. The second-order valence-electron chi connectivity index (χ2n) is 4.68. The largest absolute Gasteiger partial charge is 0.380 e. The van der Waals surface area contributed by atoms with E-state index >= 15 is 0 Å². The van der Waals surface area contributed by atoms with Gasteiger partial charge in [-0.25, -0.2) is 0 Å². The van der Waals surface area contributed by atoms with Crippen molar-refractivity contribution >= 4 is 17.0 Å². The van der Waals surface area contributed by atoms with Crippen LogP contribution in [-0.4, -0.2) is 0 Å². The molecule has 0 spiro atoms. The van der Waals surface area contributed by atoms with Gasteiger partial charge in [0.05, 0.1) is 0 Å². The summed E-state index contributed by atoms with van der Waals surface area (Å²) in [5.74, 6) is 0. The van der Waals surface area contributed by atoms with Crippen molar-refractivity contribution in [3.05, 3.63) is 51.7 Å². The smallest absolute Gasteiger partial charge is 0.0496 e. The third-order valence-electron chi connectivity index (χ3n) is 3.19. The molecule has 18 heavy (non-hydrogen) atoms. The lowest BCUT2D eigenvalue weighted by molar-refractivity contribution is 0.795. The molecule has 2 heteroatoms. The van der Waals surface area contributed by atoms with Crippen LogP contribution in [0.15, 0.2) is 35.7 Å². The Morgan fingerprint density at radius 3 is 2.50 bits per heavy atom. The lowest BCUT2D eigenvalue weighted by atomic mass is 10.1. The summed E-state index contributed by atoms with van der Waals surface area (Å²) in [7, 11) is 0. The molecular weight excluding hydrogens is 238 g/mol. The highest BCUT2D eigenvalue weighted by Gasteiger charge is 1.99. The Hall–Kier alpha value is -1.28. The van der Waals surface area contributed by atoms with Crippen LogP contribution in [0.3, 0.4) is 0 Å². The van der Waals surface area contributed by atoms with Crippen molar-refractivity contribution in [2.45, 2.75) is 39.7 Å². The Morgan fingerprint density at radius 2 is 1.89 bits per heavy atom. The summed E-state index contributed by atoms with van der Waals surface area (Å²) in [5, 5.41) is 5.63. The summed E-state index contributed by atoms with van der Waals surface area (Å²) in [4.78, 5) is 1.42. The summed E-state index contributed by atoms with van der Waals surface area (Å²) in [6, 6.07) is 11.0. The van der Waals surface area contributed by atoms with Gasteiger partial charge in [0.2, 0.25) is 0 Å². The van der Waals surface area contributed by atoms with Crippen LogP contribution < -0.4 is 5.32 Å². The average molecular weight is 259 g/mol. The molecule has 0 aliphatic carbocycles. The van der Waals surface area contributed by atoms with E-state index in [1.165, 1.54) is 41.0 Å². The maximum atomic E-state index is 3.48. The molecule has 0 radical (unpaired) electrons. The summed E-state index contributed by atoms with van der Waals surface area (Å²) in [6.45, 7) is 5.33. The fourth-order valence-corrected chi connectivity index (χ4v) is 2.78. The molecule has 0 unspecified atom stereocenters. The Labute approximate surface area is 114 Å². The van der Waals surface area contributed by atoms with Crippen molar-refractivity contribution in [1.29, 1.82) is 0 Å². The Balaban J connectivity index is 1.88. The summed E-state index contributed by atoms with van der Waals surface area (Å²) in [6.07, 6.45) is 3.74. The van der Waals surface area contributed by atoms with Crippen molar-refractivity contribution < 1.29 is 0 Å². The van der Waals surface area contributed by atoms with E-state index in [0.717, 1.165) is 6.54 Å². The highest BCUT2D eigenvalue weighted by Crippen LogP contribution is 2.18. The highest BCUT2D eigenvalue weighted by molar-refractivity contribution is 7.10. The molecule has 0 amide bonds. The van der Waals surface area contributed by atoms with Gasteiger partial charge in [-0.05, 0) is 54.5 Å². The lowest BCUT2D eigenvalue weighted by Crippen LogP contribution is -1.98. The molecular formula is C16H21NS. The van der Waals surface area contributed by atoms with Gasteiger partial charge in [0, 0.05) is 17.1 Å². The third-order valence-corrected chi connectivity index (χ3v) is 4.22. The fraction of sp³-hybridized carbons (Fsp3) is 0.375. The number of benzene rings is 1. The first kappa shape index (κ1) is 13.2. The van der Waals surface area contributed by atoms with Gasteiger partial charge >= 0.3 is 0 Å². The number of anilines is 1. The SMILES string of the molecule is CCCCc1ccc(NCc2sccc2C)cc1. The van der Waals surface area contributed by atoms with E-state index in [2.05, 4.69) is 54.9 Å². The first-order valence-corrected chi connectivity index (χ1v) is 7.53. The van der Waals surface area contributed by atoms with Crippen LogP contribution in [0.4, 0.5) is 5.69 Å². The second-order valence-corrected chi connectivity index (χ2v) is 5.68. The zero-order valence-corrected chi connectivity index (χ0v) is 12.0.